The fourth-order valence-corrected chi connectivity index (χ4v) is 1.45. The van der Waals surface area contributed by atoms with Crippen LogP contribution < -0.4 is 4.90 Å². The van der Waals surface area contributed by atoms with Crippen LogP contribution in [0.1, 0.15) is 41.5 Å². The lowest BCUT2D eigenvalue weighted by molar-refractivity contribution is 0.557. The molecule has 1 rings (SSSR count). The Morgan fingerprint density at radius 1 is 0.941 bits per heavy atom. The zero-order valence-corrected chi connectivity index (χ0v) is 11.9. The molecule has 0 atom stereocenters. The molecular weight excluding hydrogens is 208 g/mol. The van der Waals surface area contributed by atoms with Crippen molar-refractivity contribution >= 4 is 12.0 Å². The summed E-state index contributed by atoms with van der Waals surface area (Å²) in [7, 11) is 0. The smallest absolute Gasteiger partial charge is 0.0905 e. The molecule has 0 radical (unpaired) electrons. The minimum absolute atomic E-state index is 0.0239. The normalized spacial score (nSPS) is 13.1. The third kappa shape index (κ3) is 4.59. The van der Waals surface area contributed by atoms with Gasteiger partial charge in [-0.05, 0) is 53.7 Å². The number of hydrogen-bond donors (Lipinski definition) is 0. The number of hydrogen-bond acceptors (Lipinski definition) is 1. The molecule has 0 saturated heterocycles. The lowest BCUT2D eigenvalue weighted by Gasteiger charge is -2.34. The van der Waals surface area contributed by atoms with Crippen LogP contribution in [0.5, 0.6) is 0 Å². The summed E-state index contributed by atoms with van der Waals surface area (Å²) in [5.74, 6) is 0. The van der Waals surface area contributed by atoms with Crippen LogP contribution in [-0.4, -0.2) is 17.4 Å². The van der Waals surface area contributed by atoms with Crippen LogP contribution in [0.2, 0.25) is 0 Å². The van der Waals surface area contributed by atoms with Crippen molar-refractivity contribution < 1.29 is 0 Å². The first kappa shape index (κ1) is 13.8. The van der Waals surface area contributed by atoms with Gasteiger partial charge in [-0.1, -0.05) is 18.2 Å². The van der Waals surface area contributed by atoms with E-state index in [1.165, 1.54) is 5.69 Å². The Labute approximate surface area is 105 Å². The van der Waals surface area contributed by atoms with Crippen LogP contribution in [0.3, 0.4) is 0 Å². The van der Waals surface area contributed by atoms with Crippen LogP contribution in [0.4, 0.5) is 5.69 Å². The topological polar surface area (TPSA) is 15.6 Å². The highest BCUT2D eigenvalue weighted by Crippen LogP contribution is 2.22. The molecule has 0 N–H and O–H groups in total. The number of aliphatic imine (C=N–C) groups is 1. The highest BCUT2D eigenvalue weighted by atomic mass is 15.2. The van der Waals surface area contributed by atoms with Gasteiger partial charge in [0.05, 0.1) is 11.9 Å². The Morgan fingerprint density at radius 2 is 1.47 bits per heavy atom. The maximum Gasteiger partial charge on any atom is 0.0905 e. The molecule has 17 heavy (non-hydrogen) atoms. The van der Waals surface area contributed by atoms with Crippen LogP contribution in [0.25, 0.3) is 0 Å². The molecule has 0 heterocycles. The first-order valence-corrected chi connectivity index (χ1v) is 6.10. The average molecular weight is 232 g/mol. The monoisotopic (exact) mass is 232 g/mol. The fourth-order valence-electron chi connectivity index (χ4n) is 1.45. The van der Waals surface area contributed by atoms with E-state index >= 15 is 0 Å². The van der Waals surface area contributed by atoms with Crippen LogP contribution >= 0.6 is 0 Å². The standard InChI is InChI=1S/C15H24N2/c1-14(2,3)16-12-17(15(4,5)6)13-10-8-7-9-11-13/h7-12H,1-6H3. The second-order valence-corrected chi connectivity index (χ2v) is 6.29. The quantitative estimate of drug-likeness (QED) is 0.553. The third-order valence-corrected chi connectivity index (χ3v) is 2.32. The maximum atomic E-state index is 4.60. The molecule has 0 bridgehead atoms. The molecule has 1 aromatic carbocycles. The van der Waals surface area contributed by atoms with Crippen molar-refractivity contribution in [3.63, 3.8) is 0 Å². The fraction of sp³-hybridized carbons (Fsp3) is 0.533. The molecule has 0 spiro atoms. The van der Waals surface area contributed by atoms with E-state index in [1.54, 1.807) is 0 Å². The van der Waals surface area contributed by atoms with Crippen molar-refractivity contribution in [3.05, 3.63) is 30.3 Å². The van der Waals surface area contributed by atoms with E-state index in [-0.39, 0.29) is 11.1 Å². The van der Waals surface area contributed by atoms with Gasteiger partial charge in [0.2, 0.25) is 0 Å². The minimum Gasteiger partial charge on any atom is -0.327 e. The predicted octanol–water partition coefficient (Wildman–Crippen LogP) is 4.12. The van der Waals surface area contributed by atoms with Gasteiger partial charge in [0.25, 0.3) is 0 Å². The van der Waals surface area contributed by atoms with Crippen molar-refractivity contribution in [2.75, 3.05) is 4.90 Å². The lowest BCUT2D eigenvalue weighted by atomic mass is 10.1. The Morgan fingerprint density at radius 3 is 1.88 bits per heavy atom. The molecule has 1 aromatic rings. The summed E-state index contributed by atoms with van der Waals surface area (Å²) < 4.78 is 0. The molecule has 0 fully saturated rings. The SMILES string of the molecule is CC(C)(C)N=CN(c1ccccc1)C(C)(C)C. The zero-order chi connectivity index (χ0) is 13.1. The van der Waals surface area contributed by atoms with E-state index in [4.69, 9.17) is 0 Å². The summed E-state index contributed by atoms with van der Waals surface area (Å²) in [6.45, 7) is 12.9. The summed E-state index contributed by atoms with van der Waals surface area (Å²) in [6, 6.07) is 10.4. The minimum atomic E-state index is -0.0434. The lowest BCUT2D eigenvalue weighted by Crippen LogP contribution is -2.41. The molecule has 0 aliphatic carbocycles. The van der Waals surface area contributed by atoms with Gasteiger partial charge in [-0.15, -0.1) is 0 Å². The Bertz CT molecular complexity index is 366. The number of benzene rings is 1. The number of para-hydroxylation sites is 1. The van der Waals surface area contributed by atoms with E-state index in [0.29, 0.717) is 0 Å². The number of rotatable bonds is 2. The van der Waals surface area contributed by atoms with Gasteiger partial charge in [-0.2, -0.15) is 0 Å². The highest BCUT2D eigenvalue weighted by Gasteiger charge is 2.20. The van der Waals surface area contributed by atoms with Gasteiger partial charge in [0.1, 0.15) is 0 Å². The van der Waals surface area contributed by atoms with E-state index in [9.17, 15) is 0 Å². The molecule has 0 aromatic heterocycles. The molecule has 0 aliphatic rings. The van der Waals surface area contributed by atoms with E-state index in [1.807, 2.05) is 12.4 Å². The number of anilines is 1. The molecule has 2 heteroatoms. The molecule has 0 saturated carbocycles. The van der Waals surface area contributed by atoms with Crippen LogP contribution in [0, 0.1) is 0 Å². The van der Waals surface area contributed by atoms with E-state index in [0.717, 1.165) is 0 Å². The first-order valence-electron chi connectivity index (χ1n) is 6.10. The van der Waals surface area contributed by atoms with Gasteiger partial charge < -0.3 is 4.90 Å². The maximum absolute atomic E-state index is 4.60. The van der Waals surface area contributed by atoms with Crippen molar-refractivity contribution in [1.82, 2.24) is 0 Å². The van der Waals surface area contributed by atoms with Gasteiger partial charge >= 0.3 is 0 Å². The Kier molecular flexibility index (Phi) is 3.97. The van der Waals surface area contributed by atoms with Crippen molar-refractivity contribution in [1.29, 1.82) is 0 Å². The Hall–Kier alpha value is -1.31. The van der Waals surface area contributed by atoms with Gasteiger partial charge in [-0.3, -0.25) is 4.99 Å². The van der Waals surface area contributed by atoms with E-state index < -0.39 is 0 Å². The van der Waals surface area contributed by atoms with Gasteiger partial charge in [0, 0.05) is 11.2 Å². The number of nitrogens with zero attached hydrogens (tertiary/aromatic N) is 2. The zero-order valence-electron chi connectivity index (χ0n) is 11.9. The van der Waals surface area contributed by atoms with Crippen LogP contribution in [0.15, 0.2) is 35.3 Å². The largest absolute Gasteiger partial charge is 0.327 e. The predicted molar refractivity (Wildman–Crippen MR) is 76.9 cm³/mol. The Balaban J connectivity index is 3.03. The molecule has 0 aliphatic heterocycles. The van der Waals surface area contributed by atoms with Crippen molar-refractivity contribution in [3.8, 4) is 0 Å². The average Bonchev–Trinajstić information content (AvgIpc) is 2.15. The molecule has 0 amide bonds. The summed E-state index contributed by atoms with van der Waals surface area (Å²) in [5, 5.41) is 0. The second-order valence-electron chi connectivity index (χ2n) is 6.29. The molecule has 0 unspecified atom stereocenters. The summed E-state index contributed by atoms with van der Waals surface area (Å²) in [4.78, 5) is 6.81. The summed E-state index contributed by atoms with van der Waals surface area (Å²) >= 11 is 0. The van der Waals surface area contributed by atoms with E-state index in [2.05, 4.69) is 75.7 Å². The van der Waals surface area contributed by atoms with Crippen LogP contribution in [-0.2, 0) is 0 Å². The second kappa shape index (κ2) is 4.91. The summed E-state index contributed by atoms with van der Waals surface area (Å²) in [6.07, 6.45) is 1.95. The first-order chi connectivity index (χ1) is 7.70. The van der Waals surface area contributed by atoms with Gasteiger partial charge in [0.15, 0.2) is 0 Å². The van der Waals surface area contributed by atoms with Crippen molar-refractivity contribution in [2.45, 2.75) is 52.6 Å². The third-order valence-electron chi connectivity index (χ3n) is 2.32. The summed E-state index contributed by atoms with van der Waals surface area (Å²) in [5.41, 5.74) is 1.15. The molecule has 2 nitrogen and oxygen atoms in total. The van der Waals surface area contributed by atoms with Gasteiger partial charge in [-0.25, -0.2) is 0 Å². The van der Waals surface area contributed by atoms with Crippen molar-refractivity contribution in [2.24, 2.45) is 4.99 Å². The molecule has 94 valence electrons. The molecular formula is C15H24N2. The highest BCUT2D eigenvalue weighted by molar-refractivity contribution is 5.81.